The van der Waals surface area contributed by atoms with Crippen LogP contribution in [0.4, 0.5) is 5.82 Å². The van der Waals surface area contributed by atoms with E-state index in [2.05, 4.69) is 20.5 Å². The number of H-pyrrole nitrogens is 1. The van der Waals surface area contributed by atoms with Crippen molar-refractivity contribution in [2.24, 2.45) is 0 Å². The first-order chi connectivity index (χ1) is 10.6. The number of aryl methyl sites for hydroxylation is 1. The summed E-state index contributed by atoms with van der Waals surface area (Å²) in [5.74, 6) is 0.147. The molecule has 0 saturated carbocycles. The van der Waals surface area contributed by atoms with E-state index in [0.717, 1.165) is 6.07 Å². The standard InChI is InChI=1S/C15H12N4O3/c1-9-6-10(20)7-13(22-9)15(21)18-14-11(8-17-19-14)12-4-2-3-5-16-12/h2-8H,1H3,(H2,17,18,19,21). The average molecular weight is 296 g/mol. The van der Waals surface area contributed by atoms with Gasteiger partial charge in [-0.25, -0.2) is 0 Å². The van der Waals surface area contributed by atoms with Crippen LogP contribution >= 0.6 is 0 Å². The summed E-state index contributed by atoms with van der Waals surface area (Å²) in [5, 5.41) is 9.23. The molecule has 0 atom stereocenters. The predicted octanol–water partition coefficient (Wildman–Crippen LogP) is 1.99. The maximum atomic E-state index is 12.2. The molecule has 3 aromatic rings. The van der Waals surface area contributed by atoms with Gasteiger partial charge in [0, 0.05) is 18.3 Å². The van der Waals surface area contributed by atoms with Crippen LogP contribution in [0.25, 0.3) is 11.3 Å². The Morgan fingerprint density at radius 1 is 1.32 bits per heavy atom. The normalized spacial score (nSPS) is 10.4. The van der Waals surface area contributed by atoms with Crippen LogP contribution in [-0.2, 0) is 0 Å². The molecule has 0 aliphatic rings. The molecule has 7 heteroatoms. The van der Waals surface area contributed by atoms with E-state index < -0.39 is 5.91 Å². The van der Waals surface area contributed by atoms with Crippen LogP contribution in [0.2, 0.25) is 0 Å². The van der Waals surface area contributed by atoms with Gasteiger partial charge in [-0.15, -0.1) is 0 Å². The molecule has 0 aromatic carbocycles. The Hall–Kier alpha value is -3.22. The monoisotopic (exact) mass is 296 g/mol. The molecule has 0 bridgehead atoms. The summed E-state index contributed by atoms with van der Waals surface area (Å²) in [6, 6.07) is 7.88. The third-order valence-corrected chi connectivity index (χ3v) is 2.93. The van der Waals surface area contributed by atoms with E-state index in [0.29, 0.717) is 22.8 Å². The third-order valence-electron chi connectivity index (χ3n) is 2.93. The highest BCUT2D eigenvalue weighted by atomic mass is 16.3. The van der Waals surface area contributed by atoms with Crippen LogP contribution in [0, 0.1) is 6.92 Å². The van der Waals surface area contributed by atoms with Crippen molar-refractivity contribution in [3.63, 3.8) is 0 Å². The largest absolute Gasteiger partial charge is 0.456 e. The minimum absolute atomic E-state index is 0.0634. The van der Waals surface area contributed by atoms with E-state index >= 15 is 0 Å². The average Bonchev–Trinajstić information content (AvgIpc) is 2.95. The minimum Gasteiger partial charge on any atom is -0.456 e. The van der Waals surface area contributed by atoms with Crippen molar-refractivity contribution in [1.82, 2.24) is 15.2 Å². The second kappa shape index (κ2) is 5.65. The third kappa shape index (κ3) is 2.78. The van der Waals surface area contributed by atoms with Gasteiger partial charge in [-0.05, 0) is 19.1 Å². The highest BCUT2D eigenvalue weighted by Crippen LogP contribution is 2.23. The van der Waals surface area contributed by atoms with Crippen molar-refractivity contribution in [3.05, 3.63) is 64.5 Å². The van der Waals surface area contributed by atoms with Gasteiger partial charge in [0.05, 0.1) is 17.5 Å². The van der Waals surface area contributed by atoms with Crippen molar-refractivity contribution in [2.45, 2.75) is 6.92 Å². The van der Waals surface area contributed by atoms with Gasteiger partial charge in [0.25, 0.3) is 5.91 Å². The number of carbonyl (C=O) groups excluding carboxylic acids is 1. The number of nitrogens with zero attached hydrogens (tertiary/aromatic N) is 2. The van der Waals surface area contributed by atoms with Crippen LogP contribution in [0.3, 0.4) is 0 Å². The Morgan fingerprint density at radius 3 is 2.91 bits per heavy atom. The zero-order valence-corrected chi connectivity index (χ0v) is 11.7. The second-order valence-electron chi connectivity index (χ2n) is 4.60. The molecule has 22 heavy (non-hydrogen) atoms. The molecule has 0 spiro atoms. The fourth-order valence-electron chi connectivity index (χ4n) is 1.99. The van der Waals surface area contributed by atoms with Crippen LogP contribution in [0.15, 0.2) is 51.9 Å². The number of nitrogens with one attached hydrogen (secondary N) is 2. The Bertz CT molecular complexity index is 868. The first-order valence-corrected chi connectivity index (χ1v) is 6.51. The summed E-state index contributed by atoms with van der Waals surface area (Å²) >= 11 is 0. The molecule has 2 N–H and O–H groups in total. The summed E-state index contributed by atoms with van der Waals surface area (Å²) in [6.07, 6.45) is 3.21. The lowest BCUT2D eigenvalue weighted by atomic mass is 10.2. The van der Waals surface area contributed by atoms with Crippen LogP contribution in [0.1, 0.15) is 16.3 Å². The molecule has 1 amide bonds. The van der Waals surface area contributed by atoms with Crippen LogP contribution in [-0.4, -0.2) is 21.1 Å². The minimum atomic E-state index is -0.540. The van der Waals surface area contributed by atoms with Crippen molar-refractivity contribution < 1.29 is 9.21 Å². The summed E-state index contributed by atoms with van der Waals surface area (Å²) in [6.45, 7) is 1.60. The summed E-state index contributed by atoms with van der Waals surface area (Å²) in [7, 11) is 0. The van der Waals surface area contributed by atoms with E-state index in [-0.39, 0.29) is 11.2 Å². The number of amides is 1. The number of aromatic amines is 1. The number of pyridine rings is 1. The van der Waals surface area contributed by atoms with Gasteiger partial charge < -0.3 is 9.73 Å². The number of aromatic nitrogens is 3. The molecule has 0 aliphatic carbocycles. The fraction of sp³-hybridized carbons (Fsp3) is 0.0667. The quantitative estimate of drug-likeness (QED) is 0.769. The van der Waals surface area contributed by atoms with Gasteiger partial charge in [-0.2, -0.15) is 5.10 Å². The molecular formula is C15H12N4O3. The van der Waals surface area contributed by atoms with Crippen molar-refractivity contribution >= 4 is 11.7 Å². The summed E-state index contributed by atoms with van der Waals surface area (Å²) in [4.78, 5) is 27.8. The number of hydrogen-bond acceptors (Lipinski definition) is 5. The summed E-state index contributed by atoms with van der Waals surface area (Å²) in [5.41, 5.74) is 1.02. The predicted molar refractivity (Wildman–Crippen MR) is 79.5 cm³/mol. The molecule has 110 valence electrons. The molecule has 3 heterocycles. The Balaban J connectivity index is 1.90. The second-order valence-corrected chi connectivity index (χ2v) is 4.60. The van der Waals surface area contributed by atoms with E-state index in [1.165, 1.54) is 6.07 Å². The van der Waals surface area contributed by atoms with E-state index in [9.17, 15) is 9.59 Å². The molecule has 3 aromatic heterocycles. The zero-order valence-electron chi connectivity index (χ0n) is 11.7. The van der Waals surface area contributed by atoms with Crippen molar-refractivity contribution in [1.29, 1.82) is 0 Å². The molecule has 3 rings (SSSR count). The van der Waals surface area contributed by atoms with Crippen molar-refractivity contribution in [3.8, 4) is 11.3 Å². The van der Waals surface area contributed by atoms with Crippen LogP contribution in [0.5, 0.6) is 0 Å². The van der Waals surface area contributed by atoms with E-state index in [1.54, 1.807) is 31.5 Å². The van der Waals surface area contributed by atoms with Gasteiger partial charge in [-0.3, -0.25) is 19.7 Å². The first kappa shape index (κ1) is 13.7. The molecular weight excluding hydrogens is 284 g/mol. The van der Waals surface area contributed by atoms with Gasteiger partial charge in [-0.1, -0.05) is 6.07 Å². The lowest BCUT2D eigenvalue weighted by Crippen LogP contribution is -2.15. The SMILES string of the molecule is Cc1cc(=O)cc(C(=O)Nc2[nH]ncc2-c2ccccn2)o1. The molecule has 0 unspecified atom stereocenters. The highest BCUT2D eigenvalue weighted by Gasteiger charge is 2.15. The molecule has 0 fully saturated rings. The van der Waals surface area contributed by atoms with Crippen molar-refractivity contribution in [2.75, 3.05) is 5.32 Å². The summed E-state index contributed by atoms with van der Waals surface area (Å²) < 4.78 is 5.25. The molecule has 0 radical (unpaired) electrons. The number of rotatable bonds is 3. The Kier molecular flexibility index (Phi) is 3.53. The first-order valence-electron chi connectivity index (χ1n) is 6.51. The van der Waals surface area contributed by atoms with Gasteiger partial charge in [0.2, 0.25) is 0 Å². The number of hydrogen-bond donors (Lipinski definition) is 2. The van der Waals surface area contributed by atoms with E-state index in [4.69, 9.17) is 4.42 Å². The maximum absolute atomic E-state index is 12.2. The topological polar surface area (TPSA) is 101 Å². The fourth-order valence-corrected chi connectivity index (χ4v) is 1.99. The molecule has 0 saturated heterocycles. The smallest absolute Gasteiger partial charge is 0.292 e. The number of carbonyl (C=O) groups is 1. The van der Waals surface area contributed by atoms with Gasteiger partial charge in [0.15, 0.2) is 11.2 Å². The molecule has 0 aliphatic heterocycles. The van der Waals surface area contributed by atoms with Crippen LogP contribution < -0.4 is 10.7 Å². The maximum Gasteiger partial charge on any atom is 0.292 e. The highest BCUT2D eigenvalue weighted by molar-refractivity contribution is 6.03. The lowest BCUT2D eigenvalue weighted by molar-refractivity contribution is 0.0992. The lowest BCUT2D eigenvalue weighted by Gasteiger charge is -2.05. The molecule has 7 nitrogen and oxygen atoms in total. The van der Waals surface area contributed by atoms with Gasteiger partial charge >= 0.3 is 0 Å². The zero-order chi connectivity index (χ0) is 15.5. The van der Waals surface area contributed by atoms with E-state index in [1.807, 2.05) is 6.07 Å². The number of anilines is 1. The Morgan fingerprint density at radius 2 is 2.18 bits per heavy atom. The van der Waals surface area contributed by atoms with Gasteiger partial charge in [0.1, 0.15) is 11.6 Å². The Labute approximate surface area is 125 Å².